The maximum absolute atomic E-state index is 13.0. The molecule has 1 amide bonds. The minimum Gasteiger partial charge on any atom is -0.497 e. The number of anilines is 1. The summed E-state index contributed by atoms with van der Waals surface area (Å²) in [5.41, 5.74) is 3.74. The quantitative estimate of drug-likeness (QED) is 0.738. The highest BCUT2D eigenvalue weighted by molar-refractivity contribution is 5.99. The number of rotatable bonds is 5. The molecule has 3 aliphatic rings. The zero-order valence-electron chi connectivity index (χ0n) is 17.7. The van der Waals surface area contributed by atoms with Crippen molar-refractivity contribution >= 4 is 17.7 Å². The molecular formula is C26H30N2O2. The maximum atomic E-state index is 13.0. The molecule has 0 atom stereocenters. The van der Waals surface area contributed by atoms with E-state index in [1.165, 1.54) is 11.1 Å². The lowest BCUT2D eigenvalue weighted by Crippen LogP contribution is -2.46. The standard InChI is InChI=1S/C26H30N2O2/c1-30-22-11-12-24-23(18-22)26(19-28(24)25(29)21-9-10-21)13-16-27(17-14-26)15-5-8-20-6-3-2-4-7-20/h2-8,11-12,18,21H,9-10,13-17,19H2,1H3. The Balaban J connectivity index is 1.30. The first-order valence-corrected chi connectivity index (χ1v) is 11.1. The van der Waals surface area contributed by atoms with Crippen molar-refractivity contribution in [1.29, 1.82) is 0 Å². The molecule has 0 N–H and O–H groups in total. The van der Waals surface area contributed by atoms with Crippen molar-refractivity contribution in [2.75, 3.05) is 38.2 Å². The van der Waals surface area contributed by atoms with Crippen LogP contribution in [0.4, 0.5) is 5.69 Å². The molecular weight excluding hydrogens is 372 g/mol. The first kappa shape index (κ1) is 19.4. The summed E-state index contributed by atoms with van der Waals surface area (Å²) in [6, 6.07) is 16.7. The Bertz CT molecular complexity index is 941. The van der Waals surface area contributed by atoms with Gasteiger partial charge in [-0.25, -0.2) is 0 Å². The smallest absolute Gasteiger partial charge is 0.230 e. The van der Waals surface area contributed by atoms with E-state index in [9.17, 15) is 4.79 Å². The van der Waals surface area contributed by atoms with Crippen LogP contribution < -0.4 is 9.64 Å². The average Bonchev–Trinajstić information content (AvgIpc) is 3.60. The fourth-order valence-electron chi connectivity index (χ4n) is 5.02. The first-order chi connectivity index (χ1) is 14.7. The van der Waals surface area contributed by atoms with Crippen LogP contribution in [-0.4, -0.2) is 44.1 Å². The van der Waals surface area contributed by atoms with Crippen LogP contribution in [0, 0.1) is 5.92 Å². The predicted molar refractivity (Wildman–Crippen MR) is 121 cm³/mol. The second-order valence-electron chi connectivity index (χ2n) is 8.98. The van der Waals surface area contributed by atoms with Crippen molar-refractivity contribution in [2.45, 2.75) is 31.1 Å². The zero-order valence-corrected chi connectivity index (χ0v) is 17.7. The molecule has 0 unspecified atom stereocenters. The number of carbonyl (C=O) groups excluding carboxylic acids is 1. The summed E-state index contributed by atoms with van der Waals surface area (Å²) < 4.78 is 5.52. The number of benzene rings is 2. The van der Waals surface area contributed by atoms with Gasteiger partial charge in [-0.2, -0.15) is 0 Å². The summed E-state index contributed by atoms with van der Waals surface area (Å²) in [7, 11) is 1.72. The second kappa shape index (κ2) is 7.92. The number of nitrogens with zero attached hydrogens (tertiary/aromatic N) is 2. The third-order valence-corrected chi connectivity index (χ3v) is 7.01. The Labute approximate surface area is 179 Å². The van der Waals surface area contributed by atoms with Crippen LogP contribution in [0.15, 0.2) is 54.6 Å². The molecule has 1 saturated carbocycles. The second-order valence-corrected chi connectivity index (χ2v) is 8.98. The number of amides is 1. The van der Waals surface area contributed by atoms with E-state index in [-0.39, 0.29) is 11.3 Å². The molecule has 1 spiro atoms. The number of piperidine rings is 1. The fourth-order valence-corrected chi connectivity index (χ4v) is 5.02. The number of likely N-dealkylation sites (tertiary alicyclic amines) is 1. The highest BCUT2D eigenvalue weighted by atomic mass is 16.5. The molecule has 5 rings (SSSR count). The van der Waals surface area contributed by atoms with Crippen LogP contribution in [0.25, 0.3) is 6.08 Å². The number of ether oxygens (including phenoxy) is 1. The van der Waals surface area contributed by atoms with Gasteiger partial charge in [0.1, 0.15) is 5.75 Å². The highest BCUT2D eigenvalue weighted by Crippen LogP contribution is 2.49. The highest BCUT2D eigenvalue weighted by Gasteiger charge is 2.48. The molecule has 4 heteroatoms. The van der Waals surface area contributed by atoms with Gasteiger partial charge in [-0.3, -0.25) is 9.69 Å². The number of carbonyl (C=O) groups is 1. The summed E-state index contributed by atoms with van der Waals surface area (Å²) >= 11 is 0. The lowest BCUT2D eigenvalue weighted by atomic mass is 9.74. The number of methoxy groups -OCH3 is 1. The molecule has 4 nitrogen and oxygen atoms in total. The van der Waals surface area contributed by atoms with Crippen LogP contribution in [0.1, 0.15) is 36.8 Å². The Morgan fingerprint density at radius 2 is 1.90 bits per heavy atom. The Hall–Kier alpha value is -2.59. The van der Waals surface area contributed by atoms with E-state index in [4.69, 9.17) is 4.74 Å². The van der Waals surface area contributed by atoms with Crippen LogP contribution in [0.3, 0.4) is 0 Å². The zero-order chi connectivity index (χ0) is 20.6. The molecule has 0 aromatic heterocycles. The lowest BCUT2D eigenvalue weighted by molar-refractivity contribution is -0.119. The molecule has 2 heterocycles. The largest absolute Gasteiger partial charge is 0.497 e. The van der Waals surface area contributed by atoms with Gasteiger partial charge in [0.05, 0.1) is 7.11 Å². The molecule has 2 aromatic carbocycles. The molecule has 2 aromatic rings. The van der Waals surface area contributed by atoms with Crippen molar-refractivity contribution < 1.29 is 9.53 Å². The summed E-state index contributed by atoms with van der Waals surface area (Å²) in [6.45, 7) is 3.92. The van der Waals surface area contributed by atoms with Crippen LogP contribution >= 0.6 is 0 Å². The van der Waals surface area contributed by atoms with Gasteiger partial charge in [-0.05, 0) is 68.1 Å². The van der Waals surface area contributed by atoms with E-state index in [1.54, 1.807) is 7.11 Å². The van der Waals surface area contributed by atoms with E-state index in [0.29, 0.717) is 5.91 Å². The predicted octanol–water partition coefficient (Wildman–Crippen LogP) is 4.50. The van der Waals surface area contributed by atoms with E-state index in [2.05, 4.69) is 58.4 Å². The van der Waals surface area contributed by atoms with Gasteiger partial charge >= 0.3 is 0 Å². The summed E-state index contributed by atoms with van der Waals surface area (Å²) in [6.07, 6.45) is 8.74. The molecule has 1 aliphatic carbocycles. The van der Waals surface area contributed by atoms with Crippen molar-refractivity contribution in [3.05, 3.63) is 65.7 Å². The Morgan fingerprint density at radius 1 is 1.13 bits per heavy atom. The van der Waals surface area contributed by atoms with Crippen LogP contribution in [-0.2, 0) is 10.2 Å². The Kier molecular flexibility index (Phi) is 5.11. The minimum atomic E-state index is 0.0636. The van der Waals surface area contributed by atoms with Crippen molar-refractivity contribution in [3.8, 4) is 5.75 Å². The third kappa shape index (κ3) is 3.65. The van der Waals surface area contributed by atoms with E-state index in [0.717, 1.165) is 63.3 Å². The molecule has 2 aliphatic heterocycles. The number of hydrogen-bond acceptors (Lipinski definition) is 3. The molecule has 156 valence electrons. The topological polar surface area (TPSA) is 32.8 Å². The van der Waals surface area contributed by atoms with E-state index >= 15 is 0 Å². The van der Waals surface area contributed by atoms with Gasteiger partial charge in [-0.1, -0.05) is 42.5 Å². The van der Waals surface area contributed by atoms with Crippen LogP contribution in [0.2, 0.25) is 0 Å². The molecule has 0 bridgehead atoms. The minimum absolute atomic E-state index is 0.0636. The molecule has 1 saturated heterocycles. The summed E-state index contributed by atoms with van der Waals surface area (Å²) in [4.78, 5) is 17.6. The fraction of sp³-hybridized carbons (Fsp3) is 0.423. The molecule has 0 radical (unpaired) electrons. The summed E-state index contributed by atoms with van der Waals surface area (Å²) in [5, 5.41) is 0. The van der Waals surface area contributed by atoms with Gasteiger partial charge < -0.3 is 9.64 Å². The average molecular weight is 403 g/mol. The van der Waals surface area contributed by atoms with Gasteiger partial charge in [-0.15, -0.1) is 0 Å². The van der Waals surface area contributed by atoms with Crippen molar-refractivity contribution in [2.24, 2.45) is 5.92 Å². The maximum Gasteiger partial charge on any atom is 0.230 e. The van der Waals surface area contributed by atoms with Crippen LogP contribution in [0.5, 0.6) is 5.75 Å². The lowest BCUT2D eigenvalue weighted by Gasteiger charge is -2.39. The molecule has 30 heavy (non-hydrogen) atoms. The summed E-state index contributed by atoms with van der Waals surface area (Å²) in [5.74, 6) is 1.46. The van der Waals surface area contributed by atoms with E-state index in [1.807, 2.05) is 12.1 Å². The molecule has 2 fully saturated rings. The van der Waals surface area contributed by atoms with Crippen molar-refractivity contribution in [3.63, 3.8) is 0 Å². The third-order valence-electron chi connectivity index (χ3n) is 7.01. The van der Waals surface area contributed by atoms with E-state index < -0.39 is 0 Å². The van der Waals surface area contributed by atoms with Gasteiger partial charge in [0.15, 0.2) is 0 Å². The monoisotopic (exact) mass is 402 g/mol. The Morgan fingerprint density at radius 3 is 2.60 bits per heavy atom. The first-order valence-electron chi connectivity index (χ1n) is 11.1. The number of fused-ring (bicyclic) bond motifs is 2. The SMILES string of the molecule is COc1ccc2c(c1)C1(CCN(CC=Cc3ccccc3)CC1)CN2C(=O)C1CC1. The van der Waals surface area contributed by atoms with Gasteiger partial charge in [0.2, 0.25) is 5.91 Å². The van der Waals surface area contributed by atoms with Gasteiger partial charge in [0, 0.05) is 30.1 Å². The normalized spacial score (nSPS) is 20.6. The van der Waals surface area contributed by atoms with Gasteiger partial charge in [0.25, 0.3) is 0 Å². The number of hydrogen-bond donors (Lipinski definition) is 0. The van der Waals surface area contributed by atoms with Crippen molar-refractivity contribution in [1.82, 2.24) is 4.90 Å².